The lowest BCUT2D eigenvalue weighted by Gasteiger charge is -2.06. The van der Waals surface area contributed by atoms with Gasteiger partial charge in [0, 0.05) is 17.8 Å². The first-order valence-corrected chi connectivity index (χ1v) is 7.00. The fraction of sp³-hybridized carbons (Fsp3) is 0.125. The zero-order chi connectivity index (χ0) is 16.2. The van der Waals surface area contributed by atoms with Crippen LogP contribution >= 0.6 is 0 Å². The van der Waals surface area contributed by atoms with Gasteiger partial charge in [0.05, 0.1) is 0 Å². The van der Waals surface area contributed by atoms with Gasteiger partial charge in [-0.15, -0.1) is 0 Å². The molecular formula is C16H15N5O2. The molecule has 2 heterocycles. The van der Waals surface area contributed by atoms with Crippen molar-refractivity contribution in [3.63, 3.8) is 0 Å². The maximum atomic E-state index is 12.2. The lowest BCUT2D eigenvalue weighted by molar-refractivity contribution is 0.102. The number of hydrogen-bond acceptors (Lipinski definition) is 6. The zero-order valence-corrected chi connectivity index (χ0v) is 12.7. The summed E-state index contributed by atoms with van der Waals surface area (Å²) in [6.45, 7) is 3.78. The summed E-state index contributed by atoms with van der Waals surface area (Å²) in [6.07, 6.45) is 1.32. The number of carbonyl (C=O) groups excluding carboxylic acids is 1. The second kappa shape index (κ2) is 6.27. The van der Waals surface area contributed by atoms with Crippen LogP contribution in [0.5, 0.6) is 0 Å². The highest BCUT2D eigenvalue weighted by Gasteiger charge is 2.10. The number of amides is 1. The standard InChI is InChI=1S/C16H15N5O2/c1-10-3-5-12(6-4-10)19-16(22)13-8-14(18-9-17-13)20-15-7-11(2)23-21-15/h3-9H,1-2H3,(H,19,22)(H,17,18,20,21). The summed E-state index contributed by atoms with van der Waals surface area (Å²) in [7, 11) is 0. The quantitative estimate of drug-likeness (QED) is 0.769. The summed E-state index contributed by atoms with van der Waals surface area (Å²) in [4.78, 5) is 20.3. The molecule has 2 N–H and O–H groups in total. The van der Waals surface area contributed by atoms with Gasteiger partial charge in [-0.1, -0.05) is 22.9 Å². The molecule has 2 aromatic heterocycles. The van der Waals surface area contributed by atoms with Crippen molar-refractivity contribution in [3.8, 4) is 0 Å². The Morgan fingerprint density at radius 1 is 1.04 bits per heavy atom. The Labute approximate surface area is 132 Å². The minimum absolute atomic E-state index is 0.253. The van der Waals surface area contributed by atoms with Gasteiger partial charge in [-0.25, -0.2) is 9.97 Å². The van der Waals surface area contributed by atoms with E-state index in [0.29, 0.717) is 23.1 Å². The Bertz CT molecular complexity index is 826. The van der Waals surface area contributed by atoms with Crippen molar-refractivity contribution < 1.29 is 9.32 Å². The first-order valence-electron chi connectivity index (χ1n) is 7.00. The van der Waals surface area contributed by atoms with Gasteiger partial charge in [0.2, 0.25) is 0 Å². The van der Waals surface area contributed by atoms with E-state index in [9.17, 15) is 4.79 Å². The van der Waals surface area contributed by atoms with E-state index in [4.69, 9.17) is 4.52 Å². The highest BCUT2D eigenvalue weighted by atomic mass is 16.5. The van der Waals surface area contributed by atoms with Crippen LogP contribution in [0.25, 0.3) is 0 Å². The minimum Gasteiger partial charge on any atom is -0.360 e. The highest BCUT2D eigenvalue weighted by molar-refractivity contribution is 6.03. The number of anilines is 3. The third-order valence-electron chi connectivity index (χ3n) is 3.09. The molecule has 0 fully saturated rings. The molecule has 0 saturated carbocycles. The minimum atomic E-state index is -0.310. The first-order chi connectivity index (χ1) is 11.1. The predicted octanol–water partition coefficient (Wildman–Crippen LogP) is 3.08. The molecule has 0 aliphatic heterocycles. The Kier molecular flexibility index (Phi) is 4.01. The molecule has 0 saturated heterocycles. The average Bonchev–Trinajstić information content (AvgIpc) is 2.95. The number of nitrogens with zero attached hydrogens (tertiary/aromatic N) is 3. The average molecular weight is 309 g/mol. The zero-order valence-electron chi connectivity index (χ0n) is 12.7. The van der Waals surface area contributed by atoms with Crippen LogP contribution in [0, 0.1) is 13.8 Å². The summed E-state index contributed by atoms with van der Waals surface area (Å²) in [5.41, 5.74) is 2.09. The number of aryl methyl sites for hydroxylation is 2. The molecule has 0 atom stereocenters. The molecular weight excluding hydrogens is 294 g/mol. The van der Waals surface area contributed by atoms with Crippen LogP contribution in [0.15, 0.2) is 47.2 Å². The third-order valence-corrected chi connectivity index (χ3v) is 3.09. The van der Waals surface area contributed by atoms with Crippen molar-refractivity contribution in [2.75, 3.05) is 10.6 Å². The van der Waals surface area contributed by atoms with E-state index in [2.05, 4.69) is 25.8 Å². The number of carbonyl (C=O) groups is 1. The Balaban J connectivity index is 1.73. The van der Waals surface area contributed by atoms with Crippen LogP contribution in [0.4, 0.5) is 17.3 Å². The van der Waals surface area contributed by atoms with Gasteiger partial charge < -0.3 is 15.2 Å². The summed E-state index contributed by atoms with van der Waals surface area (Å²) < 4.78 is 4.97. The van der Waals surface area contributed by atoms with Crippen LogP contribution in [0.1, 0.15) is 21.8 Å². The fourth-order valence-corrected chi connectivity index (χ4v) is 1.94. The van der Waals surface area contributed by atoms with Crippen molar-refractivity contribution in [3.05, 3.63) is 59.7 Å². The maximum absolute atomic E-state index is 12.2. The Morgan fingerprint density at radius 3 is 2.52 bits per heavy atom. The van der Waals surface area contributed by atoms with Crippen molar-refractivity contribution in [1.82, 2.24) is 15.1 Å². The molecule has 0 bridgehead atoms. The first kappa shape index (κ1) is 14.7. The number of benzene rings is 1. The SMILES string of the molecule is Cc1ccc(NC(=O)c2cc(Nc3cc(C)on3)ncn2)cc1. The number of hydrogen-bond donors (Lipinski definition) is 2. The van der Waals surface area contributed by atoms with E-state index in [-0.39, 0.29) is 11.6 Å². The molecule has 0 radical (unpaired) electrons. The largest absolute Gasteiger partial charge is 0.360 e. The predicted molar refractivity (Wildman–Crippen MR) is 85.7 cm³/mol. The molecule has 116 valence electrons. The van der Waals surface area contributed by atoms with Gasteiger partial charge >= 0.3 is 0 Å². The number of aromatic nitrogens is 3. The molecule has 23 heavy (non-hydrogen) atoms. The van der Waals surface area contributed by atoms with E-state index >= 15 is 0 Å². The van der Waals surface area contributed by atoms with Gasteiger partial charge in [0.25, 0.3) is 5.91 Å². The van der Waals surface area contributed by atoms with Crippen molar-refractivity contribution in [2.45, 2.75) is 13.8 Å². The van der Waals surface area contributed by atoms with Gasteiger partial charge in [-0.2, -0.15) is 0 Å². The smallest absolute Gasteiger partial charge is 0.274 e. The molecule has 1 amide bonds. The molecule has 7 nitrogen and oxygen atoms in total. The monoisotopic (exact) mass is 309 g/mol. The van der Waals surface area contributed by atoms with E-state index in [1.54, 1.807) is 19.1 Å². The molecule has 0 aliphatic rings. The van der Waals surface area contributed by atoms with E-state index in [1.807, 2.05) is 31.2 Å². The molecule has 0 spiro atoms. The van der Waals surface area contributed by atoms with Crippen LogP contribution in [0.3, 0.4) is 0 Å². The van der Waals surface area contributed by atoms with Crippen LogP contribution in [-0.4, -0.2) is 21.0 Å². The summed E-state index contributed by atoms with van der Waals surface area (Å²) >= 11 is 0. The summed E-state index contributed by atoms with van der Waals surface area (Å²) in [5.74, 6) is 1.35. The third kappa shape index (κ3) is 3.70. The summed E-state index contributed by atoms with van der Waals surface area (Å²) in [6, 6.07) is 10.8. The van der Waals surface area contributed by atoms with Crippen LogP contribution in [-0.2, 0) is 0 Å². The molecule has 0 unspecified atom stereocenters. The van der Waals surface area contributed by atoms with Crippen molar-refractivity contribution in [2.24, 2.45) is 0 Å². The van der Waals surface area contributed by atoms with Crippen molar-refractivity contribution in [1.29, 1.82) is 0 Å². The lowest BCUT2D eigenvalue weighted by atomic mass is 10.2. The molecule has 3 rings (SSSR count). The highest BCUT2D eigenvalue weighted by Crippen LogP contribution is 2.15. The van der Waals surface area contributed by atoms with Gasteiger partial charge in [-0.05, 0) is 26.0 Å². The second-order valence-corrected chi connectivity index (χ2v) is 5.06. The topological polar surface area (TPSA) is 92.9 Å². The Hall–Kier alpha value is -3.22. The maximum Gasteiger partial charge on any atom is 0.274 e. The number of rotatable bonds is 4. The van der Waals surface area contributed by atoms with Crippen LogP contribution in [0.2, 0.25) is 0 Å². The second-order valence-electron chi connectivity index (χ2n) is 5.06. The van der Waals surface area contributed by atoms with Crippen LogP contribution < -0.4 is 10.6 Å². The summed E-state index contributed by atoms with van der Waals surface area (Å²) in [5, 5.41) is 9.56. The van der Waals surface area contributed by atoms with Gasteiger partial charge in [0.15, 0.2) is 5.82 Å². The van der Waals surface area contributed by atoms with E-state index < -0.39 is 0 Å². The van der Waals surface area contributed by atoms with Gasteiger partial charge in [-0.3, -0.25) is 4.79 Å². The fourth-order valence-electron chi connectivity index (χ4n) is 1.94. The molecule has 3 aromatic rings. The van der Waals surface area contributed by atoms with E-state index in [0.717, 1.165) is 5.56 Å². The molecule has 7 heteroatoms. The van der Waals surface area contributed by atoms with Gasteiger partial charge in [0.1, 0.15) is 23.6 Å². The normalized spacial score (nSPS) is 10.3. The van der Waals surface area contributed by atoms with E-state index in [1.165, 1.54) is 6.33 Å². The molecule has 0 aliphatic carbocycles. The lowest BCUT2D eigenvalue weighted by Crippen LogP contribution is -2.14. The van der Waals surface area contributed by atoms with Crippen molar-refractivity contribution >= 4 is 23.2 Å². The Morgan fingerprint density at radius 2 is 1.83 bits per heavy atom. The molecule has 1 aromatic carbocycles. The number of nitrogens with one attached hydrogen (secondary N) is 2.